The highest BCUT2D eigenvalue weighted by Gasteiger charge is 2.09. The molecule has 0 atom stereocenters. The number of pyridine rings is 2. The SMILES string of the molecule is O=c1[nH]c2ncccc2c2cc(Oc3ccccc3F)ccc12. The number of aromatic amines is 1. The first-order valence-electron chi connectivity index (χ1n) is 7.05. The Labute approximate surface area is 130 Å². The van der Waals surface area contributed by atoms with E-state index in [1.165, 1.54) is 6.07 Å². The van der Waals surface area contributed by atoms with Crippen molar-refractivity contribution >= 4 is 21.8 Å². The van der Waals surface area contributed by atoms with Crippen molar-refractivity contribution in [2.45, 2.75) is 0 Å². The maximum absolute atomic E-state index is 13.7. The molecule has 0 bridgehead atoms. The fourth-order valence-corrected chi connectivity index (χ4v) is 2.56. The molecule has 4 nitrogen and oxygen atoms in total. The maximum Gasteiger partial charge on any atom is 0.257 e. The summed E-state index contributed by atoms with van der Waals surface area (Å²) in [4.78, 5) is 19.0. The number of hydrogen-bond donors (Lipinski definition) is 1. The molecule has 1 N–H and O–H groups in total. The van der Waals surface area contributed by atoms with Crippen molar-refractivity contribution in [3.63, 3.8) is 0 Å². The van der Waals surface area contributed by atoms with E-state index in [1.807, 2.05) is 6.07 Å². The van der Waals surface area contributed by atoms with Gasteiger partial charge in [-0.3, -0.25) is 4.79 Å². The topological polar surface area (TPSA) is 55.0 Å². The second-order valence-electron chi connectivity index (χ2n) is 5.09. The zero-order valence-corrected chi connectivity index (χ0v) is 11.9. The number of para-hydroxylation sites is 1. The number of nitrogens with one attached hydrogen (secondary N) is 1. The Morgan fingerprint density at radius 1 is 0.957 bits per heavy atom. The monoisotopic (exact) mass is 306 g/mol. The number of H-pyrrole nitrogens is 1. The number of benzene rings is 2. The average molecular weight is 306 g/mol. The van der Waals surface area contributed by atoms with E-state index >= 15 is 0 Å². The highest BCUT2D eigenvalue weighted by molar-refractivity contribution is 6.04. The Bertz CT molecular complexity index is 1090. The summed E-state index contributed by atoms with van der Waals surface area (Å²) >= 11 is 0. The van der Waals surface area contributed by atoms with Crippen molar-refractivity contribution in [2.24, 2.45) is 0 Å². The Morgan fingerprint density at radius 3 is 2.70 bits per heavy atom. The highest BCUT2D eigenvalue weighted by Crippen LogP contribution is 2.28. The predicted octanol–water partition coefficient (Wildman–Crippen LogP) is 4.01. The highest BCUT2D eigenvalue weighted by atomic mass is 19.1. The van der Waals surface area contributed by atoms with Gasteiger partial charge in [0.05, 0.1) is 0 Å². The number of ether oxygens (including phenoxy) is 1. The van der Waals surface area contributed by atoms with Crippen LogP contribution in [0, 0.1) is 5.82 Å². The molecule has 2 aromatic heterocycles. The first kappa shape index (κ1) is 13.5. The molecule has 0 aliphatic heterocycles. The van der Waals surface area contributed by atoms with Crippen LogP contribution >= 0.6 is 0 Å². The summed E-state index contributed by atoms with van der Waals surface area (Å²) in [5.41, 5.74) is 0.289. The minimum atomic E-state index is -0.440. The molecule has 0 aliphatic rings. The number of hydrogen-bond acceptors (Lipinski definition) is 3. The number of fused-ring (bicyclic) bond motifs is 3. The summed E-state index contributed by atoms with van der Waals surface area (Å²) in [6, 6.07) is 14.9. The molecule has 112 valence electrons. The molecule has 0 aliphatic carbocycles. The van der Waals surface area contributed by atoms with Gasteiger partial charge in [0.15, 0.2) is 11.6 Å². The van der Waals surface area contributed by atoms with Gasteiger partial charge in [0.1, 0.15) is 11.4 Å². The number of halogens is 1. The first-order valence-corrected chi connectivity index (χ1v) is 7.05. The molecule has 4 rings (SSSR count). The molecule has 4 aromatic rings. The van der Waals surface area contributed by atoms with E-state index in [9.17, 15) is 9.18 Å². The van der Waals surface area contributed by atoms with E-state index in [2.05, 4.69) is 9.97 Å². The van der Waals surface area contributed by atoms with Crippen LogP contribution in [0.3, 0.4) is 0 Å². The zero-order chi connectivity index (χ0) is 15.8. The van der Waals surface area contributed by atoms with Crippen molar-refractivity contribution in [1.29, 1.82) is 0 Å². The number of aromatic nitrogens is 2. The average Bonchev–Trinajstić information content (AvgIpc) is 2.57. The van der Waals surface area contributed by atoms with Crippen LogP contribution in [0.5, 0.6) is 11.5 Å². The minimum Gasteiger partial charge on any atom is -0.454 e. The fraction of sp³-hybridized carbons (Fsp3) is 0. The Hall–Kier alpha value is -3.21. The van der Waals surface area contributed by atoms with Gasteiger partial charge in [-0.15, -0.1) is 0 Å². The lowest BCUT2D eigenvalue weighted by Gasteiger charge is -2.08. The van der Waals surface area contributed by atoms with Crippen LogP contribution in [0.4, 0.5) is 4.39 Å². The van der Waals surface area contributed by atoms with Crippen molar-refractivity contribution in [3.8, 4) is 11.5 Å². The lowest BCUT2D eigenvalue weighted by atomic mass is 10.1. The van der Waals surface area contributed by atoms with Gasteiger partial charge in [-0.25, -0.2) is 9.37 Å². The standard InChI is InChI=1S/C18H11FN2O2/c19-15-5-1-2-6-16(15)23-11-7-8-13-14(10-11)12-4-3-9-20-17(12)21-18(13)22/h1-10H,(H,20,21,22). The Kier molecular flexibility index (Phi) is 3.05. The van der Waals surface area contributed by atoms with Crippen molar-refractivity contribution in [1.82, 2.24) is 9.97 Å². The largest absolute Gasteiger partial charge is 0.454 e. The zero-order valence-electron chi connectivity index (χ0n) is 11.9. The van der Waals surface area contributed by atoms with Crippen LogP contribution in [-0.2, 0) is 0 Å². The second kappa shape index (κ2) is 5.21. The summed E-state index contributed by atoms with van der Waals surface area (Å²) in [6.07, 6.45) is 1.61. The molecule has 23 heavy (non-hydrogen) atoms. The second-order valence-corrected chi connectivity index (χ2v) is 5.09. The lowest BCUT2D eigenvalue weighted by molar-refractivity contribution is 0.443. The quantitative estimate of drug-likeness (QED) is 0.569. The Morgan fingerprint density at radius 2 is 1.83 bits per heavy atom. The van der Waals surface area contributed by atoms with Gasteiger partial charge in [0, 0.05) is 22.4 Å². The summed E-state index contributed by atoms with van der Waals surface area (Å²) in [5, 5.41) is 2.05. The summed E-state index contributed by atoms with van der Waals surface area (Å²) in [5.74, 6) is 0.155. The van der Waals surface area contributed by atoms with Gasteiger partial charge in [-0.2, -0.15) is 0 Å². The third-order valence-corrected chi connectivity index (χ3v) is 3.63. The van der Waals surface area contributed by atoms with Crippen molar-refractivity contribution in [3.05, 3.63) is 77.0 Å². The van der Waals surface area contributed by atoms with Crippen LogP contribution in [0.1, 0.15) is 0 Å². The van der Waals surface area contributed by atoms with Crippen LogP contribution in [0.15, 0.2) is 65.6 Å². The van der Waals surface area contributed by atoms with Gasteiger partial charge >= 0.3 is 0 Å². The number of nitrogens with zero attached hydrogens (tertiary/aromatic N) is 1. The molecule has 0 unspecified atom stereocenters. The Balaban J connectivity index is 1.92. The van der Waals surface area contributed by atoms with E-state index in [-0.39, 0.29) is 11.3 Å². The van der Waals surface area contributed by atoms with E-state index in [0.29, 0.717) is 22.2 Å². The molecule has 2 heterocycles. The third kappa shape index (κ3) is 2.32. The molecule has 2 aromatic carbocycles. The molecule has 0 radical (unpaired) electrons. The van der Waals surface area contributed by atoms with Crippen molar-refractivity contribution < 1.29 is 9.13 Å². The van der Waals surface area contributed by atoms with E-state index in [4.69, 9.17) is 4.74 Å². The van der Waals surface area contributed by atoms with Crippen LogP contribution in [-0.4, -0.2) is 9.97 Å². The third-order valence-electron chi connectivity index (χ3n) is 3.63. The predicted molar refractivity (Wildman–Crippen MR) is 86.3 cm³/mol. The van der Waals surface area contributed by atoms with Crippen LogP contribution < -0.4 is 10.3 Å². The molecule has 0 saturated carbocycles. The minimum absolute atomic E-state index is 0.138. The summed E-state index contributed by atoms with van der Waals surface area (Å²) in [6.45, 7) is 0. The molecular formula is C18H11FN2O2. The van der Waals surface area contributed by atoms with E-state index < -0.39 is 5.82 Å². The van der Waals surface area contributed by atoms with E-state index in [1.54, 1.807) is 48.7 Å². The van der Waals surface area contributed by atoms with Gasteiger partial charge in [-0.1, -0.05) is 12.1 Å². The maximum atomic E-state index is 13.7. The van der Waals surface area contributed by atoms with Crippen LogP contribution in [0.2, 0.25) is 0 Å². The molecule has 0 saturated heterocycles. The normalized spacial score (nSPS) is 11.0. The fourth-order valence-electron chi connectivity index (χ4n) is 2.56. The first-order chi connectivity index (χ1) is 11.2. The smallest absolute Gasteiger partial charge is 0.257 e. The molecule has 0 spiro atoms. The molecule has 0 fully saturated rings. The van der Waals surface area contributed by atoms with Gasteiger partial charge in [-0.05, 0) is 42.5 Å². The van der Waals surface area contributed by atoms with E-state index in [0.717, 1.165) is 5.39 Å². The number of rotatable bonds is 2. The van der Waals surface area contributed by atoms with Gasteiger partial charge in [0.2, 0.25) is 0 Å². The van der Waals surface area contributed by atoms with Crippen molar-refractivity contribution in [2.75, 3.05) is 0 Å². The summed E-state index contributed by atoms with van der Waals surface area (Å²) in [7, 11) is 0. The van der Waals surface area contributed by atoms with Crippen LogP contribution in [0.25, 0.3) is 21.8 Å². The molecular weight excluding hydrogens is 295 g/mol. The lowest BCUT2D eigenvalue weighted by Crippen LogP contribution is -2.07. The molecule has 0 amide bonds. The summed E-state index contributed by atoms with van der Waals surface area (Å²) < 4.78 is 19.3. The van der Waals surface area contributed by atoms with Gasteiger partial charge < -0.3 is 9.72 Å². The van der Waals surface area contributed by atoms with Gasteiger partial charge in [0.25, 0.3) is 5.56 Å². The molecule has 5 heteroatoms.